The molecule has 1 heterocycles. The largest absolute Gasteiger partial charge is 0.475 e. The van der Waals surface area contributed by atoms with Crippen LogP contribution in [-0.2, 0) is 30.8 Å². The van der Waals surface area contributed by atoms with Crippen molar-refractivity contribution < 1.29 is 27.5 Å². The molecule has 37 heavy (non-hydrogen) atoms. The number of carbonyl (C=O) groups excluding carboxylic acids is 2. The van der Waals surface area contributed by atoms with Gasteiger partial charge in [-0.2, -0.15) is 4.31 Å². The van der Waals surface area contributed by atoms with E-state index < -0.39 is 34.5 Å². The molecule has 0 aromatic heterocycles. The van der Waals surface area contributed by atoms with Crippen molar-refractivity contribution in [2.24, 2.45) is 0 Å². The zero-order valence-corrected chi connectivity index (χ0v) is 22.2. The van der Waals surface area contributed by atoms with Gasteiger partial charge < -0.3 is 14.4 Å². The molecule has 3 aromatic rings. The predicted octanol–water partition coefficient (Wildman–Crippen LogP) is 4.19. The highest BCUT2D eigenvalue weighted by Crippen LogP contribution is 2.34. The van der Waals surface area contributed by atoms with Crippen LogP contribution in [0.2, 0.25) is 10.0 Å². The van der Waals surface area contributed by atoms with Gasteiger partial charge >= 0.3 is 5.97 Å². The second kappa shape index (κ2) is 11.5. The Morgan fingerprint density at radius 1 is 1.05 bits per heavy atom. The van der Waals surface area contributed by atoms with E-state index in [0.717, 1.165) is 9.87 Å². The molecule has 0 radical (unpaired) electrons. The number of hydrogen-bond acceptors (Lipinski definition) is 6. The maximum atomic E-state index is 13.7. The second-order valence-electron chi connectivity index (χ2n) is 8.25. The highest BCUT2D eigenvalue weighted by atomic mass is 35.5. The summed E-state index contributed by atoms with van der Waals surface area (Å²) in [4.78, 5) is 27.0. The summed E-state index contributed by atoms with van der Waals surface area (Å²) < 4.78 is 39.0. The molecule has 1 unspecified atom stereocenters. The van der Waals surface area contributed by atoms with Gasteiger partial charge in [0, 0.05) is 11.6 Å². The third kappa shape index (κ3) is 6.07. The number of fused-ring (bicyclic) bond motifs is 1. The molecular formula is C26H24Cl2N2O6S. The van der Waals surface area contributed by atoms with Crippen LogP contribution in [0, 0.1) is 0 Å². The molecule has 0 spiro atoms. The number of halogens is 2. The number of carbonyl (C=O) groups is 2. The van der Waals surface area contributed by atoms with Crippen molar-refractivity contribution >= 4 is 50.8 Å². The molecule has 194 valence electrons. The number of esters is 1. The van der Waals surface area contributed by atoms with E-state index in [2.05, 4.69) is 0 Å². The van der Waals surface area contributed by atoms with Gasteiger partial charge in [-0.15, -0.1) is 0 Å². The van der Waals surface area contributed by atoms with E-state index in [1.165, 1.54) is 30.2 Å². The lowest BCUT2D eigenvalue weighted by molar-refractivity contribution is -0.148. The van der Waals surface area contributed by atoms with E-state index >= 15 is 0 Å². The fraction of sp³-hybridized carbons (Fsp3) is 0.231. The molecule has 1 amide bonds. The lowest BCUT2D eigenvalue weighted by atomic mass is 10.1. The van der Waals surface area contributed by atoms with Crippen LogP contribution in [0.1, 0.15) is 5.56 Å². The maximum absolute atomic E-state index is 13.7. The summed E-state index contributed by atoms with van der Waals surface area (Å²) in [7, 11) is -3.00. The van der Waals surface area contributed by atoms with Gasteiger partial charge in [0.25, 0.3) is 0 Å². The molecule has 0 bridgehead atoms. The van der Waals surface area contributed by atoms with Crippen molar-refractivity contribution in [2.45, 2.75) is 17.4 Å². The van der Waals surface area contributed by atoms with Crippen molar-refractivity contribution in [1.82, 2.24) is 4.31 Å². The van der Waals surface area contributed by atoms with E-state index in [-0.39, 0.29) is 28.0 Å². The van der Waals surface area contributed by atoms with E-state index in [1.54, 1.807) is 24.3 Å². The number of benzene rings is 3. The van der Waals surface area contributed by atoms with Crippen molar-refractivity contribution in [2.75, 3.05) is 31.6 Å². The molecule has 8 nitrogen and oxygen atoms in total. The molecule has 1 atom stereocenters. The maximum Gasteiger partial charge on any atom is 0.348 e. The Labute approximate surface area is 225 Å². The molecular weight excluding hydrogens is 539 g/mol. The Bertz CT molecular complexity index is 1400. The van der Waals surface area contributed by atoms with Gasteiger partial charge in [0.1, 0.15) is 10.6 Å². The summed E-state index contributed by atoms with van der Waals surface area (Å²) in [6.45, 7) is -0.624. The van der Waals surface area contributed by atoms with Crippen LogP contribution in [0.25, 0.3) is 0 Å². The number of nitrogens with zero attached hydrogens (tertiary/aromatic N) is 2. The molecule has 4 rings (SSSR count). The lowest BCUT2D eigenvalue weighted by Crippen LogP contribution is -2.51. The van der Waals surface area contributed by atoms with Crippen molar-refractivity contribution in [3.63, 3.8) is 0 Å². The van der Waals surface area contributed by atoms with Crippen molar-refractivity contribution in [3.8, 4) is 5.75 Å². The summed E-state index contributed by atoms with van der Waals surface area (Å²) in [5.41, 5.74) is 1.32. The van der Waals surface area contributed by atoms with Gasteiger partial charge in [-0.05, 0) is 42.3 Å². The van der Waals surface area contributed by atoms with Crippen LogP contribution >= 0.6 is 23.2 Å². The van der Waals surface area contributed by atoms with Gasteiger partial charge in [-0.3, -0.25) is 4.79 Å². The zero-order chi connectivity index (χ0) is 26.6. The fourth-order valence-electron chi connectivity index (χ4n) is 3.96. The number of sulfonamides is 1. The second-order valence-corrected chi connectivity index (χ2v) is 11.0. The van der Waals surface area contributed by atoms with Gasteiger partial charge in [-0.25, -0.2) is 13.2 Å². The van der Waals surface area contributed by atoms with Gasteiger partial charge in [-0.1, -0.05) is 65.7 Å². The summed E-state index contributed by atoms with van der Waals surface area (Å²) in [5.74, 6) is -0.875. The van der Waals surface area contributed by atoms with Gasteiger partial charge in [0.05, 0.1) is 30.9 Å². The Balaban J connectivity index is 1.67. The summed E-state index contributed by atoms with van der Waals surface area (Å²) in [6.07, 6.45) is -0.698. The molecule has 11 heteroatoms. The van der Waals surface area contributed by atoms with Crippen LogP contribution in [0.4, 0.5) is 5.69 Å². The monoisotopic (exact) mass is 562 g/mol. The molecule has 0 saturated heterocycles. The number of amides is 1. The minimum atomic E-state index is -4.22. The third-order valence-electron chi connectivity index (χ3n) is 5.85. The molecule has 0 saturated carbocycles. The first kappa shape index (κ1) is 26.9. The van der Waals surface area contributed by atoms with Gasteiger partial charge in [0.2, 0.25) is 22.0 Å². The van der Waals surface area contributed by atoms with Crippen molar-refractivity contribution in [3.05, 3.63) is 88.4 Å². The first-order valence-corrected chi connectivity index (χ1v) is 13.5. The smallest absolute Gasteiger partial charge is 0.348 e. The summed E-state index contributed by atoms with van der Waals surface area (Å²) in [6, 6.07) is 20.2. The highest BCUT2D eigenvalue weighted by molar-refractivity contribution is 7.89. The van der Waals surface area contributed by atoms with Gasteiger partial charge in [0.15, 0.2) is 0 Å². The van der Waals surface area contributed by atoms with Crippen molar-refractivity contribution in [1.29, 1.82) is 0 Å². The van der Waals surface area contributed by atoms with E-state index in [4.69, 9.17) is 32.7 Å². The van der Waals surface area contributed by atoms with Crippen LogP contribution in [0.5, 0.6) is 5.75 Å². The molecule has 1 aliphatic heterocycles. The highest BCUT2D eigenvalue weighted by Gasteiger charge is 2.37. The number of ether oxygens (including phenoxy) is 2. The van der Waals surface area contributed by atoms with Crippen LogP contribution in [0.3, 0.4) is 0 Å². The topological polar surface area (TPSA) is 93.2 Å². The van der Waals surface area contributed by atoms with Crippen LogP contribution in [0.15, 0.2) is 77.7 Å². The van der Waals surface area contributed by atoms with E-state index in [9.17, 15) is 18.0 Å². The zero-order valence-electron chi connectivity index (χ0n) is 19.8. The van der Waals surface area contributed by atoms with Crippen LogP contribution in [-0.4, -0.2) is 57.4 Å². The van der Waals surface area contributed by atoms with E-state index in [0.29, 0.717) is 17.9 Å². The van der Waals surface area contributed by atoms with E-state index in [1.807, 2.05) is 30.3 Å². The third-order valence-corrected chi connectivity index (χ3v) is 8.42. The Morgan fingerprint density at radius 2 is 1.76 bits per heavy atom. The average Bonchev–Trinajstić information content (AvgIpc) is 2.91. The minimum Gasteiger partial charge on any atom is -0.475 e. The summed E-state index contributed by atoms with van der Waals surface area (Å²) >= 11 is 12.3. The fourth-order valence-corrected chi connectivity index (χ4v) is 6.09. The molecule has 0 fully saturated rings. The Kier molecular flexibility index (Phi) is 8.39. The molecule has 3 aromatic carbocycles. The normalized spacial score (nSPS) is 15.1. The first-order valence-electron chi connectivity index (χ1n) is 11.3. The SMILES string of the molecule is COC(=O)C1CN(C(=O)CN(CCc2ccccc2)S(=O)(=O)c2cc(Cl)ccc2Cl)c2ccccc2O1. The predicted molar refractivity (Wildman–Crippen MR) is 141 cm³/mol. The molecule has 1 aliphatic rings. The lowest BCUT2D eigenvalue weighted by Gasteiger charge is -2.34. The number of para-hydroxylation sites is 2. The summed E-state index contributed by atoms with van der Waals surface area (Å²) in [5, 5.41) is 0.185. The average molecular weight is 563 g/mol. The molecule has 0 N–H and O–H groups in total. The number of anilines is 1. The quantitative estimate of drug-likeness (QED) is 0.382. The Hall–Kier alpha value is -3.11. The number of rotatable bonds is 8. The standard InChI is InChI=1S/C26H24Cl2N2O6S/c1-35-26(32)23-16-30(21-9-5-6-10-22(21)36-23)25(31)17-29(14-13-18-7-3-2-4-8-18)37(33,34)24-15-19(27)11-12-20(24)28/h2-12,15,23H,13-14,16-17H2,1H3. The number of hydrogen-bond donors (Lipinski definition) is 0. The number of methoxy groups -OCH3 is 1. The Morgan fingerprint density at radius 3 is 2.49 bits per heavy atom. The van der Waals surface area contributed by atoms with Crippen LogP contribution < -0.4 is 9.64 Å². The first-order chi connectivity index (χ1) is 17.7. The molecule has 0 aliphatic carbocycles. The minimum absolute atomic E-state index is 0.00729.